The number of hydrogen-bond acceptors (Lipinski definition) is 5. The minimum absolute atomic E-state index is 0.0679. The van der Waals surface area contributed by atoms with E-state index in [4.69, 9.17) is 47.6 Å². The SMILES string of the molecule is [B]C1([B])C2CC(O)(CO)C[C@@H]3[C@@]1([B])OB=S(=O)(c1cc(C(=O)Nc4cc(F)c(F)c(F)c4)ccc1Cl)[C@]23[B]. The van der Waals surface area contributed by atoms with Crippen molar-refractivity contribution < 1.29 is 37.0 Å². The number of carbonyl (C=O) groups is 1. The van der Waals surface area contributed by atoms with E-state index in [9.17, 15) is 32.4 Å². The van der Waals surface area contributed by atoms with Gasteiger partial charge in [0.15, 0.2) is 0 Å². The molecule has 0 spiro atoms. The van der Waals surface area contributed by atoms with E-state index < -0.39 is 72.1 Å². The van der Waals surface area contributed by atoms with Crippen LogP contribution in [0.15, 0.2) is 35.2 Å². The summed E-state index contributed by atoms with van der Waals surface area (Å²) in [4.78, 5) is 12.8. The standard InChI is InChI=1S/C22H16B5ClF3NO5S/c23-20-15-6-19(35,8-33)7-16(20)22(26,21(15,24)25)37-27-38(20,36)14-3-9(1-2-11(14)28)18(34)32-10-4-12(29)17(31)13(30)5-10/h1-5,15-16,33,35H,6-8H2,(H,32,34)/t15?,16-,19?,20+,22+,38?/m0/s1. The molecule has 0 saturated heterocycles. The summed E-state index contributed by atoms with van der Waals surface area (Å²) in [5, 5.41) is 21.0. The van der Waals surface area contributed by atoms with Gasteiger partial charge in [-0.05, 0) is 0 Å². The Morgan fingerprint density at radius 2 is 1.74 bits per heavy atom. The van der Waals surface area contributed by atoms with Gasteiger partial charge in [-0.15, -0.1) is 0 Å². The van der Waals surface area contributed by atoms with Crippen LogP contribution in [0.3, 0.4) is 0 Å². The molecule has 16 heteroatoms. The normalized spacial score (nSPS) is 36.7. The van der Waals surface area contributed by atoms with Gasteiger partial charge in [0, 0.05) is 0 Å². The fourth-order valence-corrected chi connectivity index (χ4v) is 9.37. The van der Waals surface area contributed by atoms with Crippen molar-refractivity contribution in [3.05, 3.63) is 58.4 Å². The van der Waals surface area contributed by atoms with Crippen molar-refractivity contribution in [2.24, 2.45) is 11.8 Å². The number of hydrogen-bond donors (Lipinski definition) is 3. The van der Waals surface area contributed by atoms with E-state index in [1.165, 1.54) is 12.1 Å². The Morgan fingerprint density at radius 3 is 2.34 bits per heavy atom. The van der Waals surface area contributed by atoms with Crippen LogP contribution < -0.4 is 5.32 Å². The van der Waals surface area contributed by atoms with Crippen LogP contribution in [0, 0.1) is 29.3 Å². The van der Waals surface area contributed by atoms with Gasteiger partial charge in [-0.25, -0.2) is 0 Å². The van der Waals surface area contributed by atoms with Gasteiger partial charge in [-0.3, -0.25) is 0 Å². The molecule has 2 fully saturated rings. The third-order valence-electron chi connectivity index (χ3n) is 7.99. The summed E-state index contributed by atoms with van der Waals surface area (Å²) in [6, 6.07) is 4.87. The zero-order valence-electron chi connectivity index (χ0n) is 19.6. The Morgan fingerprint density at radius 1 is 1.13 bits per heavy atom. The van der Waals surface area contributed by atoms with E-state index >= 15 is 0 Å². The molecule has 2 aromatic rings. The zero-order valence-corrected chi connectivity index (χ0v) is 21.2. The molecule has 5 rings (SSSR count). The van der Waals surface area contributed by atoms with Crippen LogP contribution in [0.25, 0.3) is 0 Å². The predicted molar refractivity (Wildman–Crippen MR) is 138 cm³/mol. The molecule has 4 bridgehead atoms. The number of halogens is 4. The van der Waals surface area contributed by atoms with E-state index in [0.29, 0.717) is 12.1 Å². The molecule has 2 aromatic carbocycles. The van der Waals surface area contributed by atoms with Gasteiger partial charge in [0.1, 0.15) is 0 Å². The van der Waals surface area contributed by atoms with E-state index in [0.717, 1.165) is 12.4 Å². The Kier molecular flexibility index (Phi) is 6.36. The summed E-state index contributed by atoms with van der Waals surface area (Å²) in [7, 11) is 22.4. The van der Waals surface area contributed by atoms with Gasteiger partial charge in [0.05, 0.1) is 0 Å². The Bertz CT molecular complexity index is 1470. The maximum absolute atomic E-state index is 14.8. The molecular formula is C22H16B5ClF3NO5S. The van der Waals surface area contributed by atoms with Crippen LogP contribution in [0.1, 0.15) is 23.2 Å². The van der Waals surface area contributed by atoms with Crippen molar-refractivity contribution in [2.45, 2.75) is 38.7 Å². The van der Waals surface area contributed by atoms with Crippen molar-refractivity contribution in [3.8, 4) is 0 Å². The summed E-state index contributed by atoms with van der Waals surface area (Å²) >= 11 is 6.42. The molecule has 6 nitrogen and oxygen atoms in total. The second-order valence-electron chi connectivity index (χ2n) is 10.1. The Balaban J connectivity index is 1.60. The third-order valence-corrected chi connectivity index (χ3v) is 11.4. The van der Waals surface area contributed by atoms with Crippen LogP contribution in [0.2, 0.25) is 10.2 Å². The van der Waals surface area contributed by atoms with Crippen molar-refractivity contribution in [1.29, 1.82) is 0 Å². The monoisotopic (exact) mass is 553 g/mol. The van der Waals surface area contributed by atoms with Crippen LogP contribution in [0.4, 0.5) is 18.9 Å². The third kappa shape index (κ3) is 3.58. The Labute approximate surface area is 227 Å². The summed E-state index contributed by atoms with van der Waals surface area (Å²) in [6.45, 7) is -0.659. The second-order valence-corrected chi connectivity index (χ2v) is 13.1. The topological polar surface area (TPSA) is 95.9 Å². The fourth-order valence-electron chi connectivity index (χ4n) is 5.93. The van der Waals surface area contributed by atoms with Crippen LogP contribution in [0.5, 0.6) is 0 Å². The van der Waals surface area contributed by atoms with E-state index in [-0.39, 0.29) is 34.0 Å². The summed E-state index contributed by atoms with van der Waals surface area (Å²) < 4.78 is 59.2. The first-order valence-electron chi connectivity index (χ1n) is 11.3. The van der Waals surface area contributed by atoms with E-state index in [2.05, 4.69) is 5.32 Å². The van der Waals surface area contributed by atoms with Gasteiger partial charge in [-0.1, -0.05) is 0 Å². The first kappa shape index (κ1) is 27.9. The van der Waals surface area contributed by atoms with Crippen molar-refractivity contribution in [1.82, 2.24) is 0 Å². The van der Waals surface area contributed by atoms with Gasteiger partial charge in [0.25, 0.3) is 0 Å². The van der Waals surface area contributed by atoms with Crippen molar-refractivity contribution >= 4 is 70.3 Å². The number of benzene rings is 2. The molecule has 0 aromatic heterocycles. The molecule has 1 aliphatic heterocycles. The van der Waals surface area contributed by atoms with E-state index in [1.807, 2.05) is 0 Å². The Hall–Kier alpha value is -1.66. The zero-order chi connectivity index (χ0) is 28.1. The van der Waals surface area contributed by atoms with Crippen LogP contribution in [-0.2, 0) is 14.0 Å². The molecular weight excluding hydrogens is 537 g/mol. The quantitative estimate of drug-likeness (QED) is 0.391. The number of nitrogens with one attached hydrogen (secondary N) is 1. The molecule has 3 N–H and O–H groups in total. The van der Waals surface area contributed by atoms with Crippen LogP contribution >= 0.6 is 11.6 Å². The number of anilines is 1. The van der Waals surface area contributed by atoms with Crippen molar-refractivity contribution in [3.63, 3.8) is 0 Å². The molecule has 2 aliphatic carbocycles. The summed E-state index contributed by atoms with van der Waals surface area (Å²) in [5.74, 6) is -7.85. The van der Waals surface area contributed by atoms with Gasteiger partial charge >= 0.3 is 228 Å². The number of amides is 1. The first-order valence-corrected chi connectivity index (χ1v) is 13.3. The molecule has 1 amide bonds. The number of aliphatic hydroxyl groups excluding tert-OH is 1. The van der Waals surface area contributed by atoms with Gasteiger partial charge in [-0.2, -0.15) is 0 Å². The maximum atomic E-state index is 14.8. The average molecular weight is 553 g/mol. The molecule has 188 valence electrons. The molecule has 8 radical (unpaired) electrons. The van der Waals surface area contributed by atoms with Gasteiger partial charge in [0.2, 0.25) is 0 Å². The molecule has 3 unspecified atom stereocenters. The minimum atomic E-state index is -3.71. The second kappa shape index (κ2) is 8.67. The van der Waals surface area contributed by atoms with Crippen molar-refractivity contribution in [2.75, 3.05) is 11.9 Å². The first-order chi connectivity index (χ1) is 17.5. The molecule has 2 saturated carbocycles. The predicted octanol–water partition coefficient (Wildman–Crippen LogP) is 1.16. The number of rotatable bonds is 4. The van der Waals surface area contributed by atoms with Gasteiger partial charge < -0.3 is 0 Å². The molecule has 38 heavy (non-hydrogen) atoms. The number of carbonyl (C=O) groups excluding carboxylic acids is 1. The van der Waals surface area contributed by atoms with E-state index in [1.54, 1.807) is 0 Å². The summed E-state index contributed by atoms with van der Waals surface area (Å²) in [6.07, 6.45) is 0.415. The fraction of sp³-hybridized carbons (Fsp3) is 0.409. The van der Waals surface area contributed by atoms with Crippen LogP contribution in [-0.4, -0.2) is 80.4 Å². The average Bonchev–Trinajstić information content (AvgIpc) is 2.90. The summed E-state index contributed by atoms with van der Waals surface area (Å²) in [5.41, 5.74) is -4.03. The number of aliphatic hydroxyl groups is 2. The molecule has 3 aliphatic rings. The molecule has 6 atom stereocenters. The molecule has 1 heterocycles.